The molecule has 0 N–H and O–H groups in total. The van der Waals surface area contributed by atoms with Crippen molar-refractivity contribution in [3.05, 3.63) is 0 Å². The van der Waals surface area contributed by atoms with Crippen LogP contribution in [-0.4, -0.2) is 30.4 Å². The highest BCUT2D eigenvalue weighted by Crippen LogP contribution is 2.69. The fraction of sp³-hybridized carbons (Fsp3) is 0.889. The molecule has 4 aliphatic rings. The molecule has 0 bridgehead atoms. The van der Waals surface area contributed by atoms with E-state index in [0.717, 1.165) is 38.4 Å². The fourth-order valence-corrected chi connectivity index (χ4v) is 9.15. The SMILES string of the molecule is CC(=O)OC1CCC2(C)C(CCC3C2CC(OC(C)=O)C2(C)C(C(C)CC=O)CCC32)C1. The molecular formula is C27H42O5. The second-order valence-corrected chi connectivity index (χ2v) is 11.9. The molecule has 4 fully saturated rings. The summed E-state index contributed by atoms with van der Waals surface area (Å²) in [5.74, 6) is 2.71. The molecule has 4 saturated carbocycles. The molecule has 0 heterocycles. The lowest BCUT2D eigenvalue weighted by Crippen LogP contribution is -2.59. The quantitative estimate of drug-likeness (QED) is 0.421. The number of ether oxygens (including phenoxy) is 2. The van der Waals surface area contributed by atoms with Crippen LogP contribution in [0.4, 0.5) is 0 Å². The minimum atomic E-state index is -0.182. The van der Waals surface area contributed by atoms with Gasteiger partial charge in [-0.3, -0.25) is 9.59 Å². The van der Waals surface area contributed by atoms with Crippen LogP contribution in [0.15, 0.2) is 0 Å². The van der Waals surface area contributed by atoms with E-state index in [1.54, 1.807) is 6.92 Å². The van der Waals surface area contributed by atoms with Crippen LogP contribution in [-0.2, 0) is 23.9 Å². The van der Waals surface area contributed by atoms with Crippen molar-refractivity contribution >= 4 is 18.2 Å². The monoisotopic (exact) mass is 446 g/mol. The average Bonchev–Trinajstić information content (AvgIpc) is 3.07. The largest absolute Gasteiger partial charge is 0.463 e. The molecule has 0 radical (unpaired) electrons. The Morgan fingerprint density at radius 1 is 0.969 bits per heavy atom. The predicted octanol–water partition coefficient (Wildman–Crippen LogP) is 5.34. The molecule has 10 atom stereocenters. The van der Waals surface area contributed by atoms with Crippen LogP contribution in [0.3, 0.4) is 0 Å². The second-order valence-electron chi connectivity index (χ2n) is 11.9. The smallest absolute Gasteiger partial charge is 0.302 e. The first-order valence-electron chi connectivity index (χ1n) is 12.9. The van der Waals surface area contributed by atoms with E-state index in [1.165, 1.54) is 26.2 Å². The maximum absolute atomic E-state index is 12.2. The lowest BCUT2D eigenvalue weighted by atomic mass is 9.43. The highest BCUT2D eigenvalue weighted by molar-refractivity contribution is 5.66. The van der Waals surface area contributed by atoms with Gasteiger partial charge in [0.2, 0.25) is 0 Å². The number of hydrogen-bond donors (Lipinski definition) is 0. The van der Waals surface area contributed by atoms with E-state index in [1.807, 2.05) is 0 Å². The Bertz CT molecular complexity index is 748. The molecular weight excluding hydrogens is 404 g/mol. The molecule has 10 unspecified atom stereocenters. The average molecular weight is 447 g/mol. The van der Waals surface area contributed by atoms with Crippen LogP contribution < -0.4 is 0 Å². The molecule has 0 aromatic heterocycles. The lowest BCUT2D eigenvalue weighted by molar-refractivity contribution is -0.197. The van der Waals surface area contributed by atoms with Gasteiger partial charge in [0.1, 0.15) is 18.5 Å². The van der Waals surface area contributed by atoms with E-state index < -0.39 is 0 Å². The van der Waals surface area contributed by atoms with E-state index >= 15 is 0 Å². The Labute approximate surface area is 193 Å². The molecule has 0 aromatic rings. The molecule has 180 valence electrons. The summed E-state index contributed by atoms with van der Waals surface area (Å²) in [6, 6.07) is 0. The van der Waals surface area contributed by atoms with Gasteiger partial charge in [-0.2, -0.15) is 0 Å². The molecule has 0 spiro atoms. The summed E-state index contributed by atoms with van der Waals surface area (Å²) in [6.45, 7) is 10.1. The van der Waals surface area contributed by atoms with Crippen molar-refractivity contribution in [3.63, 3.8) is 0 Å². The maximum atomic E-state index is 12.2. The lowest BCUT2D eigenvalue weighted by Gasteiger charge is -2.62. The standard InChI is InChI=1S/C27H42O5/c1-16(11-13-28)22-8-9-23-21-7-6-19-14-20(31-17(2)29)10-12-26(19,4)24(21)15-25(27(22,23)5)32-18(3)30/h13,16,19-25H,6-12,14-15H2,1-5H3. The first-order valence-corrected chi connectivity index (χ1v) is 12.9. The Morgan fingerprint density at radius 2 is 1.69 bits per heavy atom. The zero-order valence-electron chi connectivity index (χ0n) is 20.6. The van der Waals surface area contributed by atoms with Crippen molar-refractivity contribution in [1.82, 2.24) is 0 Å². The van der Waals surface area contributed by atoms with Gasteiger partial charge < -0.3 is 14.3 Å². The third kappa shape index (κ3) is 3.81. The van der Waals surface area contributed by atoms with Gasteiger partial charge in [-0.1, -0.05) is 20.8 Å². The number of fused-ring (bicyclic) bond motifs is 5. The molecule has 4 rings (SSSR count). The van der Waals surface area contributed by atoms with Crippen molar-refractivity contribution in [1.29, 1.82) is 0 Å². The van der Waals surface area contributed by atoms with Gasteiger partial charge in [0.25, 0.3) is 0 Å². The Kier molecular flexibility index (Phi) is 6.50. The van der Waals surface area contributed by atoms with Gasteiger partial charge in [0, 0.05) is 25.7 Å². The number of rotatable bonds is 5. The minimum absolute atomic E-state index is 0.0482. The molecule has 0 aliphatic heterocycles. The van der Waals surface area contributed by atoms with Gasteiger partial charge in [0.15, 0.2) is 0 Å². The Hall–Kier alpha value is -1.39. The van der Waals surface area contributed by atoms with Crippen molar-refractivity contribution < 1.29 is 23.9 Å². The Balaban J connectivity index is 1.63. The van der Waals surface area contributed by atoms with Crippen LogP contribution in [0.25, 0.3) is 0 Å². The van der Waals surface area contributed by atoms with Gasteiger partial charge >= 0.3 is 11.9 Å². The van der Waals surface area contributed by atoms with E-state index in [2.05, 4.69) is 20.8 Å². The topological polar surface area (TPSA) is 69.7 Å². The summed E-state index contributed by atoms with van der Waals surface area (Å²) in [6.07, 6.45) is 10.3. The van der Waals surface area contributed by atoms with Gasteiger partial charge in [0.05, 0.1) is 0 Å². The number of hydrogen-bond acceptors (Lipinski definition) is 5. The third-order valence-electron chi connectivity index (χ3n) is 10.6. The summed E-state index contributed by atoms with van der Waals surface area (Å²) in [7, 11) is 0. The summed E-state index contributed by atoms with van der Waals surface area (Å²) in [5, 5.41) is 0. The summed E-state index contributed by atoms with van der Waals surface area (Å²) in [5.41, 5.74) is 0.166. The zero-order valence-corrected chi connectivity index (χ0v) is 20.6. The van der Waals surface area contributed by atoms with E-state index in [-0.39, 0.29) is 35.0 Å². The maximum Gasteiger partial charge on any atom is 0.302 e. The van der Waals surface area contributed by atoms with Gasteiger partial charge in [-0.15, -0.1) is 0 Å². The van der Waals surface area contributed by atoms with Crippen LogP contribution in [0.1, 0.15) is 92.4 Å². The third-order valence-corrected chi connectivity index (χ3v) is 10.6. The minimum Gasteiger partial charge on any atom is -0.463 e. The number of carbonyl (C=O) groups excluding carboxylic acids is 3. The van der Waals surface area contributed by atoms with Crippen molar-refractivity contribution in [3.8, 4) is 0 Å². The summed E-state index contributed by atoms with van der Waals surface area (Å²) in [4.78, 5) is 35.0. The molecule has 0 amide bonds. The first kappa shape index (κ1) is 23.8. The summed E-state index contributed by atoms with van der Waals surface area (Å²) < 4.78 is 11.7. The number of esters is 2. The highest BCUT2D eigenvalue weighted by Gasteiger charge is 2.65. The van der Waals surface area contributed by atoms with Crippen molar-refractivity contribution in [2.75, 3.05) is 0 Å². The van der Waals surface area contributed by atoms with Crippen molar-refractivity contribution in [2.24, 2.45) is 46.3 Å². The van der Waals surface area contributed by atoms with Crippen molar-refractivity contribution in [2.45, 2.75) is 105 Å². The molecule has 5 nitrogen and oxygen atoms in total. The molecule has 0 saturated heterocycles. The van der Waals surface area contributed by atoms with E-state index in [9.17, 15) is 14.4 Å². The fourth-order valence-electron chi connectivity index (χ4n) is 9.15. The Morgan fingerprint density at radius 3 is 2.34 bits per heavy atom. The first-order chi connectivity index (χ1) is 15.1. The molecule has 32 heavy (non-hydrogen) atoms. The van der Waals surface area contributed by atoms with Gasteiger partial charge in [-0.25, -0.2) is 0 Å². The molecule has 4 aliphatic carbocycles. The van der Waals surface area contributed by atoms with Gasteiger partial charge in [-0.05, 0) is 92.3 Å². The van der Waals surface area contributed by atoms with E-state index in [0.29, 0.717) is 41.9 Å². The highest BCUT2D eigenvalue weighted by atomic mass is 16.5. The molecule has 5 heteroatoms. The van der Waals surface area contributed by atoms with Crippen LogP contribution in [0, 0.1) is 46.3 Å². The zero-order chi connectivity index (χ0) is 23.3. The normalized spacial score (nSPS) is 46.2. The van der Waals surface area contributed by atoms with E-state index in [4.69, 9.17) is 9.47 Å². The number of carbonyl (C=O) groups is 3. The van der Waals surface area contributed by atoms with Crippen LogP contribution in [0.5, 0.6) is 0 Å². The summed E-state index contributed by atoms with van der Waals surface area (Å²) >= 11 is 0. The number of aldehydes is 1. The molecule has 0 aromatic carbocycles. The van der Waals surface area contributed by atoms with Crippen LogP contribution >= 0.6 is 0 Å². The predicted molar refractivity (Wildman–Crippen MR) is 122 cm³/mol. The second kappa shape index (κ2) is 8.76. The van der Waals surface area contributed by atoms with Crippen LogP contribution in [0.2, 0.25) is 0 Å².